The van der Waals surface area contributed by atoms with Crippen LogP contribution >= 0.6 is 0 Å². The molecule has 7 heteroatoms. The largest absolute Gasteiger partial charge is 0.482 e. The maximum absolute atomic E-state index is 12.8. The number of hydrogen-bond donors (Lipinski definition) is 0. The fourth-order valence-corrected chi connectivity index (χ4v) is 9.08. The Morgan fingerprint density at radius 1 is 0.654 bits per heavy atom. The van der Waals surface area contributed by atoms with Gasteiger partial charge in [-0.1, -0.05) is 88.0 Å². The van der Waals surface area contributed by atoms with Crippen molar-refractivity contribution in [2.45, 2.75) is 148 Å². The second-order valence-electron chi connectivity index (χ2n) is 16.1. The van der Waals surface area contributed by atoms with Crippen molar-refractivity contribution in [1.82, 2.24) is 0 Å². The molecule has 52 heavy (non-hydrogen) atoms. The van der Waals surface area contributed by atoms with Crippen molar-refractivity contribution in [2.24, 2.45) is 29.1 Å². The minimum atomic E-state index is -0.525. The van der Waals surface area contributed by atoms with Crippen molar-refractivity contribution < 1.29 is 33.3 Å². The van der Waals surface area contributed by atoms with Crippen molar-refractivity contribution in [3.63, 3.8) is 0 Å². The molecule has 0 aromatic heterocycles. The van der Waals surface area contributed by atoms with E-state index in [2.05, 4.69) is 31.2 Å². The number of para-hydroxylation sites is 1. The second kappa shape index (κ2) is 24.3. The number of hydrogen-bond acceptors (Lipinski definition) is 7. The third-order valence-corrected chi connectivity index (χ3v) is 11.4. The maximum Gasteiger partial charge on any atom is 0.344 e. The summed E-state index contributed by atoms with van der Waals surface area (Å²) in [6.07, 6.45) is 33.9. The molecule has 4 aliphatic rings. The molecule has 5 rings (SSSR count). The highest BCUT2D eigenvalue weighted by molar-refractivity contribution is 5.71. The lowest BCUT2D eigenvalue weighted by molar-refractivity contribution is -0.154. The number of carbonyl (C=O) groups excluding carboxylic acids is 3. The van der Waals surface area contributed by atoms with E-state index in [4.69, 9.17) is 18.9 Å². The van der Waals surface area contributed by atoms with E-state index < -0.39 is 11.9 Å². The Kier molecular flexibility index (Phi) is 19.4. The average Bonchev–Trinajstić information content (AvgIpc) is 3.13. The second-order valence-corrected chi connectivity index (χ2v) is 16.1. The van der Waals surface area contributed by atoms with Crippen LogP contribution < -0.4 is 4.74 Å². The topological polar surface area (TPSA) is 88.1 Å². The lowest BCUT2D eigenvalue weighted by atomic mass is 9.48. The molecule has 4 aliphatic carbocycles. The van der Waals surface area contributed by atoms with Crippen LogP contribution in [0.4, 0.5) is 0 Å². The molecule has 7 nitrogen and oxygen atoms in total. The molecule has 0 amide bonds. The van der Waals surface area contributed by atoms with Gasteiger partial charge in [0.15, 0.2) is 6.61 Å². The van der Waals surface area contributed by atoms with E-state index in [1.54, 1.807) is 12.1 Å². The smallest absolute Gasteiger partial charge is 0.344 e. The zero-order valence-corrected chi connectivity index (χ0v) is 32.2. The lowest BCUT2D eigenvalue weighted by Crippen LogP contribution is -2.45. The molecule has 4 bridgehead atoms. The molecule has 0 N–H and O–H groups in total. The van der Waals surface area contributed by atoms with Crippen LogP contribution in [0, 0.1) is 29.1 Å². The summed E-state index contributed by atoms with van der Waals surface area (Å²) in [4.78, 5) is 37.8. The predicted octanol–water partition coefficient (Wildman–Crippen LogP) is 10.9. The van der Waals surface area contributed by atoms with Crippen molar-refractivity contribution in [3.05, 3.63) is 54.6 Å². The summed E-state index contributed by atoms with van der Waals surface area (Å²) in [6.45, 7) is 2.07. The van der Waals surface area contributed by atoms with Gasteiger partial charge in [0.2, 0.25) is 0 Å². The van der Waals surface area contributed by atoms with Crippen LogP contribution in [0.5, 0.6) is 5.75 Å². The molecule has 4 fully saturated rings. The molecule has 0 heterocycles. The highest BCUT2D eigenvalue weighted by Gasteiger charge is 2.50. The Bertz CT molecular complexity index is 1190. The molecule has 0 saturated heterocycles. The first kappa shape index (κ1) is 41.7. The highest BCUT2D eigenvalue weighted by Crippen LogP contribution is 2.61. The van der Waals surface area contributed by atoms with Crippen LogP contribution in [0.15, 0.2) is 54.6 Å². The van der Waals surface area contributed by atoms with Crippen LogP contribution in [0.25, 0.3) is 0 Å². The Morgan fingerprint density at radius 3 is 1.77 bits per heavy atom. The van der Waals surface area contributed by atoms with E-state index in [1.807, 2.05) is 18.2 Å². The Hall–Kier alpha value is -3.09. The normalized spacial score (nSPS) is 22.5. The van der Waals surface area contributed by atoms with Crippen LogP contribution in [-0.4, -0.2) is 44.3 Å². The monoisotopic (exact) mass is 720 g/mol. The van der Waals surface area contributed by atoms with Crippen molar-refractivity contribution >= 4 is 17.9 Å². The van der Waals surface area contributed by atoms with E-state index in [0.29, 0.717) is 24.0 Å². The molecule has 0 aliphatic heterocycles. The van der Waals surface area contributed by atoms with E-state index in [1.165, 1.54) is 83.5 Å². The fourth-order valence-electron chi connectivity index (χ4n) is 9.08. The summed E-state index contributed by atoms with van der Waals surface area (Å²) in [7, 11) is 0. The van der Waals surface area contributed by atoms with Crippen LogP contribution in [-0.2, 0) is 28.6 Å². The van der Waals surface area contributed by atoms with Gasteiger partial charge in [-0.3, -0.25) is 9.59 Å². The van der Waals surface area contributed by atoms with E-state index in [-0.39, 0.29) is 38.4 Å². The van der Waals surface area contributed by atoms with Crippen LogP contribution in [0.3, 0.4) is 0 Å². The van der Waals surface area contributed by atoms with Gasteiger partial charge in [-0.25, -0.2) is 4.79 Å². The van der Waals surface area contributed by atoms with Crippen LogP contribution in [0.1, 0.15) is 148 Å². The van der Waals surface area contributed by atoms with Gasteiger partial charge in [0.25, 0.3) is 0 Å². The van der Waals surface area contributed by atoms with E-state index in [9.17, 15) is 14.4 Å². The number of benzene rings is 1. The fraction of sp³-hybridized carbons (Fsp3) is 0.711. The summed E-state index contributed by atoms with van der Waals surface area (Å²) < 4.78 is 22.2. The molecule has 1 atom stereocenters. The zero-order valence-electron chi connectivity index (χ0n) is 32.2. The third-order valence-electron chi connectivity index (χ3n) is 11.4. The average molecular weight is 721 g/mol. The first-order valence-corrected chi connectivity index (χ1v) is 20.9. The minimum Gasteiger partial charge on any atom is -0.482 e. The number of esters is 3. The molecule has 4 saturated carbocycles. The van der Waals surface area contributed by atoms with Gasteiger partial charge in [0.05, 0.1) is 5.92 Å². The van der Waals surface area contributed by atoms with Gasteiger partial charge < -0.3 is 18.9 Å². The Labute approximate surface area is 314 Å². The number of rotatable bonds is 28. The molecular weight excluding hydrogens is 652 g/mol. The molecule has 290 valence electrons. The summed E-state index contributed by atoms with van der Waals surface area (Å²) >= 11 is 0. The Balaban J connectivity index is 1.07. The minimum absolute atomic E-state index is 0.0181. The summed E-state index contributed by atoms with van der Waals surface area (Å²) in [5.74, 6) is 1.83. The summed E-state index contributed by atoms with van der Waals surface area (Å²) in [6, 6.07) is 9.08. The molecular formula is C45H68O7. The highest BCUT2D eigenvalue weighted by atomic mass is 16.6. The zero-order chi connectivity index (χ0) is 36.7. The van der Waals surface area contributed by atoms with E-state index in [0.717, 1.165) is 62.7 Å². The molecule has 1 unspecified atom stereocenters. The standard InChI is InChI=1S/C45H68O7/c1-2-3-4-5-6-7-8-9-10-11-12-13-14-15-16-20-24-42(46)50-33-40(35-52-44(48)36-49-41-22-18-17-19-23-41)34-51-43(47)25-21-26-45-30-37-27-38(31-45)29-39(28-37)32-45/h6-7,9-10,17-19,22-23,37-40H,2-5,8,11-16,20-21,24-36H2,1H3/b7-6-,10-9-. The first-order chi connectivity index (χ1) is 25.4. The van der Waals surface area contributed by atoms with E-state index >= 15 is 0 Å². The quantitative estimate of drug-likeness (QED) is 0.0368. The van der Waals surface area contributed by atoms with Gasteiger partial charge in [0.1, 0.15) is 25.6 Å². The SMILES string of the molecule is CCCCC/C=C\C/C=C\CCCCCCCCC(=O)OCC(COC(=O)CCCC12CC3CC(CC(C3)C1)C2)COC(=O)COc1ccccc1. The Morgan fingerprint density at radius 2 is 1.17 bits per heavy atom. The summed E-state index contributed by atoms with van der Waals surface area (Å²) in [5, 5.41) is 0. The molecule has 1 aromatic carbocycles. The number of carbonyl (C=O) groups is 3. The van der Waals surface area contributed by atoms with Gasteiger partial charge in [-0.2, -0.15) is 0 Å². The van der Waals surface area contributed by atoms with Gasteiger partial charge in [0, 0.05) is 12.8 Å². The summed E-state index contributed by atoms with van der Waals surface area (Å²) in [5.41, 5.74) is 0.448. The van der Waals surface area contributed by atoms with Gasteiger partial charge >= 0.3 is 17.9 Å². The predicted molar refractivity (Wildman–Crippen MR) is 207 cm³/mol. The van der Waals surface area contributed by atoms with Crippen molar-refractivity contribution in [2.75, 3.05) is 26.4 Å². The molecule has 1 aromatic rings. The van der Waals surface area contributed by atoms with Crippen molar-refractivity contribution in [1.29, 1.82) is 0 Å². The lowest BCUT2D eigenvalue weighted by Gasteiger charge is -2.57. The number of allylic oxidation sites excluding steroid dienone is 4. The number of ether oxygens (including phenoxy) is 4. The van der Waals surface area contributed by atoms with Gasteiger partial charge in [-0.15, -0.1) is 0 Å². The van der Waals surface area contributed by atoms with Gasteiger partial charge in [-0.05, 0) is 125 Å². The first-order valence-electron chi connectivity index (χ1n) is 20.9. The van der Waals surface area contributed by atoms with Crippen LogP contribution in [0.2, 0.25) is 0 Å². The third kappa shape index (κ3) is 16.7. The number of unbranched alkanes of at least 4 members (excludes halogenated alkanes) is 9. The van der Waals surface area contributed by atoms with Crippen molar-refractivity contribution in [3.8, 4) is 5.75 Å². The maximum atomic E-state index is 12.8. The molecule has 0 radical (unpaired) electrons. The molecule has 0 spiro atoms.